The van der Waals surface area contributed by atoms with E-state index in [9.17, 15) is 18.5 Å². The second-order valence-electron chi connectivity index (χ2n) is 4.31. The van der Waals surface area contributed by atoms with Crippen LogP contribution in [0.3, 0.4) is 0 Å². The van der Waals surface area contributed by atoms with E-state index in [0.29, 0.717) is 0 Å². The normalized spacial score (nSPS) is 11.1. The number of sulfonamides is 1. The highest BCUT2D eigenvalue weighted by molar-refractivity contribution is 7.92. The summed E-state index contributed by atoms with van der Waals surface area (Å²) in [5, 5.41) is 11.0. The van der Waals surface area contributed by atoms with Gasteiger partial charge in [0.1, 0.15) is 10.6 Å². The SMILES string of the molecule is Cc1ccc(S(=O)(=O)Nc2ccccc2[N+](=O)[O-])c(Cl)c1. The lowest BCUT2D eigenvalue weighted by Crippen LogP contribution is -2.14. The van der Waals surface area contributed by atoms with Gasteiger partial charge in [-0.3, -0.25) is 14.8 Å². The summed E-state index contributed by atoms with van der Waals surface area (Å²) in [4.78, 5) is 10.1. The van der Waals surface area contributed by atoms with E-state index in [1.807, 2.05) is 0 Å². The molecular formula is C13H11ClN2O4S. The zero-order valence-electron chi connectivity index (χ0n) is 10.9. The fourth-order valence-corrected chi connectivity index (χ4v) is 3.42. The van der Waals surface area contributed by atoms with Crippen molar-refractivity contribution in [1.29, 1.82) is 0 Å². The number of nitrogens with one attached hydrogen (secondary N) is 1. The summed E-state index contributed by atoms with van der Waals surface area (Å²) in [6, 6.07) is 9.95. The van der Waals surface area contributed by atoms with Gasteiger partial charge >= 0.3 is 0 Å². The third-order valence-electron chi connectivity index (χ3n) is 2.72. The molecule has 0 amide bonds. The van der Waals surface area contributed by atoms with Gasteiger partial charge in [0.2, 0.25) is 0 Å². The van der Waals surface area contributed by atoms with E-state index in [-0.39, 0.29) is 21.3 Å². The van der Waals surface area contributed by atoms with Crippen LogP contribution in [0, 0.1) is 17.0 Å². The minimum Gasteiger partial charge on any atom is -0.273 e. The van der Waals surface area contributed by atoms with E-state index >= 15 is 0 Å². The Morgan fingerprint density at radius 3 is 2.48 bits per heavy atom. The van der Waals surface area contributed by atoms with Crippen LogP contribution in [-0.2, 0) is 10.0 Å². The Bertz CT molecular complexity index is 806. The van der Waals surface area contributed by atoms with Crippen LogP contribution >= 0.6 is 11.6 Å². The van der Waals surface area contributed by atoms with Crippen LogP contribution in [0.1, 0.15) is 5.56 Å². The number of hydrogen-bond donors (Lipinski definition) is 1. The number of para-hydroxylation sites is 2. The van der Waals surface area contributed by atoms with E-state index in [1.54, 1.807) is 13.0 Å². The molecule has 21 heavy (non-hydrogen) atoms. The van der Waals surface area contributed by atoms with E-state index in [0.717, 1.165) is 5.56 Å². The first-order chi connectivity index (χ1) is 9.81. The van der Waals surface area contributed by atoms with Crippen LogP contribution in [0.5, 0.6) is 0 Å². The summed E-state index contributed by atoms with van der Waals surface area (Å²) in [5.41, 5.74) is 0.369. The van der Waals surface area contributed by atoms with E-state index in [2.05, 4.69) is 4.72 Å². The fourth-order valence-electron chi connectivity index (χ4n) is 1.74. The number of rotatable bonds is 4. The van der Waals surface area contributed by atoms with Gasteiger partial charge in [-0.25, -0.2) is 8.42 Å². The molecule has 8 heteroatoms. The van der Waals surface area contributed by atoms with Gasteiger partial charge < -0.3 is 0 Å². The van der Waals surface area contributed by atoms with Gasteiger partial charge in [0.05, 0.1) is 9.95 Å². The Kier molecular flexibility index (Phi) is 4.15. The van der Waals surface area contributed by atoms with Crippen LogP contribution in [0.2, 0.25) is 5.02 Å². The highest BCUT2D eigenvalue weighted by Gasteiger charge is 2.22. The van der Waals surface area contributed by atoms with Gasteiger partial charge in [-0.15, -0.1) is 0 Å². The van der Waals surface area contributed by atoms with Crippen LogP contribution in [-0.4, -0.2) is 13.3 Å². The molecule has 0 aliphatic carbocycles. The maximum atomic E-state index is 12.3. The molecule has 0 aromatic heterocycles. The van der Waals surface area contributed by atoms with Crippen molar-refractivity contribution in [3.8, 4) is 0 Å². The molecule has 0 heterocycles. The predicted octanol–water partition coefficient (Wildman–Crippen LogP) is 3.36. The van der Waals surface area contributed by atoms with Crippen molar-refractivity contribution >= 4 is 33.0 Å². The van der Waals surface area contributed by atoms with Gasteiger partial charge in [-0.05, 0) is 30.7 Å². The molecule has 2 aromatic carbocycles. The van der Waals surface area contributed by atoms with Crippen molar-refractivity contribution in [3.63, 3.8) is 0 Å². The molecule has 0 saturated heterocycles. The van der Waals surface area contributed by atoms with Crippen LogP contribution in [0.25, 0.3) is 0 Å². The highest BCUT2D eigenvalue weighted by Crippen LogP contribution is 2.29. The molecular weight excluding hydrogens is 316 g/mol. The van der Waals surface area contributed by atoms with Crippen LogP contribution < -0.4 is 4.72 Å². The van der Waals surface area contributed by atoms with E-state index < -0.39 is 14.9 Å². The molecule has 0 atom stereocenters. The second kappa shape index (κ2) is 5.71. The number of hydrogen-bond acceptors (Lipinski definition) is 4. The summed E-state index contributed by atoms with van der Waals surface area (Å²) in [6.45, 7) is 1.78. The molecule has 2 rings (SSSR count). The third kappa shape index (κ3) is 3.32. The number of halogens is 1. The molecule has 0 radical (unpaired) electrons. The molecule has 6 nitrogen and oxygen atoms in total. The standard InChI is InChI=1S/C13H11ClN2O4S/c1-9-6-7-13(10(14)8-9)21(19,20)15-11-4-2-3-5-12(11)16(17)18/h2-8,15H,1H3. The Balaban J connectivity index is 2.45. The predicted molar refractivity (Wildman–Crippen MR) is 80.1 cm³/mol. The van der Waals surface area contributed by atoms with Crippen molar-refractivity contribution in [2.45, 2.75) is 11.8 Å². The van der Waals surface area contributed by atoms with Crippen molar-refractivity contribution in [1.82, 2.24) is 0 Å². The van der Waals surface area contributed by atoms with E-state index in [1.165, 1.54) is 36.4 Å². The average Bonchev–Trinajstić information content (AvgIpc) is 2.37. The Morgan fingerprint density at radius 2 is 1.86 bits per heavy atom. The Labute approximate surface area is 126 Å². The number of benzene rings is 2. The monoisotopic (exact) mass is 326 g/mol. The molecule has 0 fully saturated rings. The number of aryl methyl sites for hydroxylation is 1. The Morgan fingerprint density at radius 1 is 1.19 bits per heavy atom. The number of nitro benzene ring substituents is 1. The van der Waals surface area contributed by atoms with Crippen molar-refractivity contribution in [2.75, 3.05) is 4.72 Å². The first-order valence-electron chi connectivity index (χ1n) is 5.83. The third-order valence-corrected chi connectivity index (χ3v) is 4.57. The zero-order chi connectivity index (χ0) is 15.6. The van der Waals surface area contributed by atoms with Gasteiger partial charge in [0.25, 0.3) is 15.7 Å². The largest absolute Gasteiger partial charge is 0.293 e. The fraction of sp³-hybridized carbons (Fsp3) is 0.0769. The summed E-state index contributed by atoms with van der Waals surface area (Å²) in [5.74, 6) is 0. The average molecular weight is 327 g/mol. The van der Waals surface area contributed by atoms with Gasteiger partial charge in [-0.1, -0.05) is 29.8 Å². The van der Waals surface area contributed by atoms with Crippen molar-refractivity contribution < 1.29 is 13.3 Å². The maximum absolute atomic E-state index is 12.3. The minimum absolute atomic E-state index is 0.0566. The lowest BCUT2D eigenvalue weighted by Gasteiger charge is -2.10. The molecule has 110 valence electrons. The smallest absolute Gasteiger partial charge is 0.273 e. The van der Waals surface area contributed by atoms with Crippen LogP contribution in [0.15, 0.2) is 47.4 Å². The molecule has 1 N–H and O–H groups in total. The number of nitro groups is 1. The van der Waals surface area contributed by atoms with Crippen LogP contribution in [0.4, 0.5) is 11.4 Å². The molecule has 0 bridgehead atoms. The van der Waals surface area contributed by atoms with E-state index in [4.69, 9.17) is 11.6 Å². The van der Waals surface area contributed by atoms with Crippen molar-refractivity contribution in [2.24, 2.45) is 0 Å². The minimum atomic E-state index is -4.00. The van der Waals surface area contributed by atoms with Gasteiger partial charge in [-0.2, -0.15) is 0 Å². The first kappa shape index (κ1) is 15.3. The quantitative estimate of drug-likeness (QED) is 0.689. The van der Waals surface area contributed by atoms with Gasteiger partial charge in [0, 0.05) is 6.07 Å². The molecule has 0 aliphatic heterocycles. The maximum Gasteiger partial charge on any atom is 0.293 e. The highest BCUT2D eigenvalue weighted by atomic mass is 35.5. The lowest BCUT2D eigenvalue weighted by atomic mass is 10.2. The zero-order valence-corrected chi connectivity index (χ0v) is 12.5. The summed E-state index contributed by atoms with van der Waals surface area (Å²) in [6.07, 6.45) is 0. The molecule has 0 spiro atoms. The Hall–Kier alpha value is -2.12. The number of anilines is 1. The topological polar surface area (TPSA) is 89.3 Å². The first-order valence-corrected chi connectivity index (χ1v) is 7.70. The van der Waals surface area contributed by atoms with Gasteiger partial charge in [0.15, 0.2) is 0 Å². The molecule has 0 unspecified atom stereocenters. The summed E-state index contributed by atoms with van der Waals surface area (Å²) < 4.78 is 26.8. The lowest BCUT2D eigenvalue weighted by molar-refractivity contribution is -0.383. The molecule has 0 aliphatic rings. The molecule has 0 saturated carbocycles. The summed E-state index contributed by atoms with van der Waals surface area (Å²) in [7, 11) is -4.00. The second-order valence-corrected chi connectivity index (χ2v) is 6.37. The van der Waals surface area contributed by atoms with Crippen molar-refractivity contribution in [3.05, 3.63) is 63.2 Å². The molecule has 2 aromatic rings. The summed E-state index contributed by atoms with van der Waals surface area (Å²) >= 11 is 5.93. The number of nitrogens with zero attached hydrogens (tertiary/aromatic N) is 1.